The van der Waals surface area contributed by atoms with Crippen molar-refractivity contribution in [2.24, 2.45) is 11.7 Å². The van der Waals surface area contributed by atoms with Gasteiger partial charge in [-0.15, -0.1) is 0 Å². The minimum absolute atomic E-state index is 0.454. The predicted octanol–water partition coefficient (Wildman–Crippen LogP) is 6.62. The van der Waals surface area contributed by atoms with E-state index in [1.807, 2.05) is 0 Å². The maximum absolute atomic E-state index is 5.96. The molecule has 0 bridgehead atoms. The lowest BCUT2D eigenvalue weighted by Gasteiger charge is -2.32. The first-order valence-corrected chi connectivity index (χ1v) is 12.0. The number of hydrogen-bond acceptors (Lipinski definition) is 2. The number of rotatable bonds is 4. The summed E-state index contributed by atoms with van der Waals surface area (Å²) in [6, 6.07) is 30.0. The summed E-state index contributed by atoms with van der Waals surface area (Å²) < 4.78 is 0. The molecule has 1 saturated heterocycles. The highest BCUT2D eigenvalue weighted by Gasteiger charge is 2.22. The zero-order valence-corrected chi connectivity index (χ0v) is 18.6. The highest BCUT2D eigenvalue weighted by atomic mass is 15.1. The summed E-state index contributed by atoms with van der Waals surface area (Å²) in [5, 5.41) is 0. The molecule has 0 radical (unpaired) electrons. The lowest BCUT2D eigenvalue weighted by atomic mass is 9.95. The van der Waals surface area contributed by atoms with E-state index in [1.54, 1.807) is 0 Å². The number of nitrogens with two attached hydrogens (primary N) is 1. The quantitative estimate of drug-likeness (QED) is 0.522. The Balaban J connectivity index is 0.000000158. The van der Waals surface area contributed by atoms with Crippen molar-refractivity contribution in [3.8, 4) is 22.3 Å². The molecular formula is C29H36N2. The number of benzene rings is 3. The van der Waals surface area contributed by atoms with Crippen molar-refractivity contribution >= 4 is 0 Å². The Labute approximate surface area is 188 Å². The van der Waals surface area contributed by atoms with Crippen LogP contribution in [0.1, 0.15) is 38.5 Å². The molecule has 0 aromatic heterocycles. The second-order valence-electron chi connectivity index (χ2n) is 9.09. The van der Waals surface area contributed by atoms with Gasteiger partial charge in [0.1, 0.15) is 0 Å². The molecule has 2 aliphatic rings. The van der Waals surface area contributed by atoms with Crippen molar-refractivity contribution in [2.45, 2.75) is 44.6 Å². The molecule has 2 heteroatoms. The number of nitrogens with zero attached hydrogens (tertiary/aromatic N) is 1. The van der Waals surface area contributed by atoms with E-state index >= 15 is 0 Å². The molecule has 1 atom stereocenters. The second kappa shape index (κ2) is 11.3. The van der Waals surface area contributed by atoms with Crippen molar-refractivity contribution in [1.29, 1.82) is 0 Å². The van der Waals surface area contributed by atoms with E-state index in [2.05, 4.69) is 89.8 Å². The zero-order chi connectivity index (χ0) is 21.3. The summed E-state index contributed by atoms with van der Waals surface area (Å²) in [4.78, 5) is 2.59. The Kier molecular flexibility index (Phi) is 7.93. The highest BCUT2D eigenvalue weighted by Crippen LogP contribution is 2.31. The third-order valence-corrected chi connectivity index (χ3v) is 6.63. The molecule has 3 aromatic carbocycles. The van der Waals surface area contributed by atoms with Crippen molar-refractivity contribution < 1.29 is 0 Å². The van der Waals surface area contributed by atoms with E-state index in [0.717, 1.165) is 12.5 Å². The van der Waals surface area contributed by atoms with Crippen LogP contribution >= 0.6 is 0 Å². The van der Waals surface area contributed by atoms with Gasteiger partial charge in [-0.2, -0.15) is 0 Å². The molecule has 0 spiro atoms. The van der Waals surface area contributed by atoms with Crippen LogP contribution < -0.4 is 5.73 Å². The fraction of sp³-hybridized carbons (Fsp3) is 0.379. The summed E-state index contributed by atoms with van der Waals surface area (Å²) in [7, 11) is 0. The third kappa shape index (κ3) is 6.29. The average Bonchev–Trinajstić information content (AvgIpc) is 3.34. The molecule has 31 heavy (non-hydrogen) atoms. The smallest absolute Gasteiger partial charge is 0.0168 e. The lowest BCUT2D eigenvalue weighted by Crippen LogP contribution is -2.44. The van der Waals surface area contributed by atoms with Gasteiger partial charge in [-0.25, -0.2) is 0 Å². The lowest BCUT2D eigenvalue weighted by molar-refractivity contribution is 0.181. The van der Waals surface area contributed by atoms with Crippen molar-refractivity contribution in [1.82, 2.24) is 4.90 Å². The standard InChI is InChI=1S/C18H14.C11H22N2/c1-3-9-15(10-4-1)17-13-7-8-14-18(17)16-11-5-2-6-12-16;12-11-6-3-7-13(9-11)8-10-4-1-2-5-10/h1-14H;10-11H,1-9,12H2. The van der Waals surface area contributed by atoms with Crippen LogP contribution in [0.2, 0.25) is 0 Å². The van der Waals surface area contributed by atoms with Gasteiger partial charge in [0, 0.05) is 19.1 Å². The molecule has 2 N–H and O–H groups in total. The fourth-order valence-corrected chi connectivity index (χ4v) is 5.04. The van der Waals surface area contributed by atoms with Crippen LogP contribution in [0.5, 0.6) is 0 Å². The summed E-state index contributed by atoms with van der Waals surface area (Å²) >= 11 is 0. The van der Waals surface area contributed by atoms with Gasteiger partial charge in [-0.05, 0) is 60.4 Å². The van der Waals surface area contributed by atoms with Crippen molar-refractivity contribution in [3.63, 3.8) is 0 Å². The predicted molar refractivity (Wildman–Crippen MR) is 133 cm³/mol. The number of likely N-dealkylation sites (tertiary alicyclic amines) is 1. The molecule has 2 fully saturated rings. The van der Waals surface area contributed by atoms with Gasteiger partial charge in [0.15, 0.2) is 0 Å². The Morgan fingerprint density at radius 3 is 1.68 bits per heavy atom. The third-order valence-electron chi connectivity index (χ3n) is 6.63. The molecule has 162 valence electrons. The molecule has 1 heterocycles. The number of hydrogen-bond donors (Lipinski definition) is 1. The van der Waals surface area contributed by atoms with Gasteiger partial charge in [0.25, 0.3) is 0 Å². The minimum Gasteiger partial charge on any atom is -0.327 e. The molecule has 1 aliphatic heterocycles. The van der Waals surface area contributed by atoms with E-state index in [1.165, 1.54) is 73.9 Å². The molecule has 5 rings (SSSR count). The number of piperidine rings is 1. The van der Waals surface area contributed by atoms with Crippen LogP contribution in [0.4, 0.5) is 0 Å². The maximum atomic E-state index is 5.96. The highest BCUT2D eigenvalue weighted by molar-refractivity contribution is 5.83. The first-order chi connectivity index (χ1) is 15.3. The van der Waals surface area contributed by atoms with Crippen LogP contribution in [-0.4, -0.2) is 30.6 Å². The average molecular weight is 413 g/mol. The summed E-state index contributed by atoms with van der Waals surface area (Å²) in [6.07, 6.45) is 8.40. The molecule has 1 aliphatic carbocycles. The second-order valence-corrected chi connectivity index (χ2v) is 9.09. The van der Waals surface area contributed by atoms with Crippen molar-refractivity contribution in [3.05, 3.63) is 84.9 Å². The van der Waals surface area contributed by atoms with Gasteiger partial charge >= 0.3 is 0 Å². The van der Waals surface area contributed by atoms with E-state index in [4.69, 9.17) is 5.73 Å². The van der Waals surface area contributed by atoms with E-state index in [9.17, 15) is 0 Å². The zero-order valence-electron chi connectivity index (χ0n) is 18.6. The fourth-order valence-electron chi connectivity index (χ4n) is 5.04. The van der Waals surface area contributed by atoms with E-state index < -0.39 is 0 Å². The molecular weight excluding hydrogens is 376 g/mol. The first kappa shape index (κ1) is 21.8. The Bertz CT molecular complexity index is 842. The van der Waals surface area contributed by atoms with Gasteiger partial charge in [0.05, 0.1) is 0 Å². The van der Waals surface area contributed by atoms with E-state index in [0.29, 0.717) is 6.04 Å². The summed E-state index contributed by atoms with van der Waals surface area (Å²) in [5.74, 6) is 0.991. The Morgan fingerprint density at radius 2 is 1.16 bits per heavy atom. The molecule has 1 unspecified atom stereocenters. The van der Waals surface area contributed by atoms with Crippen molar-refractivity contribution in [2.75, 3.05) is 19.6 Å². The van der Waals surface area contributed by atoms with Gasteiger partial charge in [-0.3, -0.25) is 0 Å². The topological polar surface area (TPSA) is 29.3 Å². The van der Waals surface area contributed by atoms with Crippen LogP contribution in [0.15, 0.2) is 84.9 Å². The summed E-state index contributed by atoms with van der Waals surface area (Å²) in [5.41, 5.74) is 11.0. The van der Waals surface area contributed by atoms with Gasteiger partial charge < -0.3 is 10.6 Å². The van der Waals surface area contributed by atoms with Crippen LogP contribution in [0.25, 0.3) is 22.3 Å². The molecule has 0 amide bonds. The van der Waals surface area contributed by atoms with Crippen LogP contribution in [-0.2, 0) is 0 Å². The molecule has 2 nitrogen and oxygen atoms in total. The molecule has 3 aromatic rings. The maximum Gasteiger partial charge on any atom is 0.0168 e. The van der Waals surface area contributed by atoms with Gasteiger partial charge in [-0.1, -0.05) is 97.8 Å². The Hall–Kier alpha value is -2.42. The SMILES string of the molecule is NC1CCCN(CC2CCCC2)C1.c1ccc(-c2ccccc2-c2ccccc2)cc1. The monoisotopic (exact) mass is 412 g/mol. The largest absolute Gasteiger partial charge is 0.327 e. The van der Waals surface area contributed by atoms with E-state index in [-0.39, 0.29) is 0 Å². The van der Waals surface area contributed by atoms with Gasteiger partial charge in [0.2, 0.25) is 0 Å². The normalized spacial score (nSPS) is 19.6. The van der Waals surface area contributed by atoms with Crippen LogP contribution in [0, 0.1) is 5.92 Å². The van der Waals surface area contributed by atoms with Crippen LogP contribution in [0.3, 0.4) is 0 Å². The summed E-state index contributed by atoms with van der Waals surface area (Å²) in [6.45, 7) is 3.77. The Morgan fingerprint density at radius 1 is 0.645 bits per heavy atom. The molecule has 1 saturated carbocycles. The minimum atomic E-state index is 0.454. The first-order valence-electron chi connectivity index (χ1n) is 12.0.